The van der Waals surface area contributed by atoms with Gasteiger partial charge in [-0.3, -0.25) is 0 Å². The molecule has 3 rings (SSSR count). The van der Waals surface area contributed by atoms with Gasteiger partial charge >= 0.3 is 0 Å². The maximum atomic E-state index is 3.66. The summed E-state index contributed by atoms with van der Waals surface area (Å²) in [5.74, 6) is 0. The van der Waals surface area contributed by atoms with E-state index in [0.717, 1.165) is 13.1 Å². The lowest BCUT2D eigenvalue weighted by Crippen LogP contribution is -2.52. The van der Waals surface area contributed by atoms with Crippen molar-refractivity contribution in [3.63, 3.8) is 0 Å². The van der Waals surface area contributed by atoms with Crippen molar-refractivity contribution in [2.45, 2.75) is 25.7 Å². The van der Waals surface area contributed by atoms with Crippen LogP contribution in [-0.2, 0) is 6.42 Å². The van der Waals surface area contributed by atoms with Crippen molar-refractivity contribution in [2.75, 3.05) is 45.8 Å². The first-order valence-corrected chi connectivity index (χ1v) is 8.54. The maximum Gasteiger partial charge on any atom is 0.0108 e. The van der Waals surface area contributed by atoms with Gasteiger partial charge in [0.15, 0.2) is 0 Å². The molecule has 0 unspecified atom stereocenters. The van der Waals surface area contributed by atoms with Gasteiger partial charge in [0, 0.05) is 39.3 Å². The van der Waals surface area contributed by atoms with Gasteiger partial charge in [-0.1, -0.05) is 30.3 Å². The van der Waals surface area contributed by atoms with E-state index in [1.807, 2.05) is 0 Å². The number of nitrogens with one attached hydrogen (secondary N) is 2. The highest BCUT2D eigenvalue weighted by molar-refractivity contribution is 5.15. The molecule has 0 saturated carbocycles. The van der Waals surface area contributed by atoms with Crippen LogP contribution in [0.5, 0.6) is 0 Å². The molecule has 1 aromatic rings. The summed E-state index contributed by atoms with van der Waals surface area (Å²) in [6.07, 6.45) is 5.25. The number of hydrogen-bond donors (Lipinski definition) is 2. The molecule has 2 N–H and O–H groups in total. The predicted octanol–water partition coefficient (Wildman–Crippen LogP) is 1.89. The minimum absolute atomic E-state index is 0.478. The van der Waals surface area contributed by atoms with Crippen LogP contribution in [0.2, 0.25) is 0 Å². The predicted molar refractivity (Wildman–Crippen MR) is 88.6 cm³/mol. The molecule has 0 aromatic heterocycles. The van der Waals surface area contributed by atoms with Gasteiger partial charge in [-0.15, -0.1) is 0 Å². The summed E-state index contributed by atoms with van der Waals surface area (Å²) >= 11 is 0. The molecule has 2 fully saturated rings. The van der Waals surface area contributed by atoms with Crippen LogP contribution < -0.4 is 10.6 Å². The zero-order valence-corrected chi connectivity index (χ0v) is 13.1. The van der Waals surface area contributed by atoms with Crippen LogP contribution in [-0.4, -0.2) is 50.7 Å². The number of piperazine rings is 1. The Bertz CT molecular complexity index is 406. The third kappa shape index (κ3) is 4.29. The highest BCUT2D eigenvalue weighted by atomic mass is 15.2. The van der Waals surface area contributed by atoms with Crippen LogP contribution >= 0.6 is 0 Å². The highest BCUT2D eigenvalue weighted by Gasteiger charge is 2.33. The quantitative estimate of drug-likeness (QED) is 0.866. The fourth-order valence-corrected chi connectivity index (χ4v) is 3.86. The zero-order chi connectivity index (χ0) is 14.4. The van der Waals surface area contributed by atoms with Crippen molar-refractivity contribution in [3.05, 3.63) is 35.9 Å². The third-order valence-electron chi connectivity index (χ3n) is 5.12. The first-order valence-electron chi connectivity index (χ1n) is 8.54. The lowest BCUT2D eigenvalue weighted by Gasteiger charge is -2.43. The van der Waals surface area contributed by atoms with Crippen LogP contribution in [0.1, 0.15) is 24.8 Å². The van der Waals surface area contributed by atoms with E-state index in [1.165, 1.54) is 64.0 Å². The van der Waals surface area contributed by atoms with Gasteiger partial charge in [0.25, 0.3) is 0 Å². The van der Waals surface area contributed by atoms with Crippen molar-refractivity contribution in [2.24, 2.45) is 5.41 Å². The first-order chi connectivity index (χ1) is 10.4. The van der Waals surface area contributed by atoms with E-state index >= 15 is 0 Å². The molecule has 3 nitrogen and oxygen atoms in total. The molecule has 0 spiro atoms. The summed E-state index contributed by atoms with van der Waals surface area (Å²) < 4.78 is 0. The highest BCUT2D eigenvalue weighted by Crippen LogP contribution is 2.33. The molecule has 116 valence electrons. The Morgan fingerprint density at radius 3 is 2.52 bits per heavy atom. The SMILES string of the molecule is c1ccc(CC[C@@]2(CN3CCNCC3)CCCNC2)cc1. The van der Waals surface area contributed by atoms with Crippen LogP contribution in [0.4, 0.5) is 0 Å². The molecule has 21 heavy (non-hydrogen) atoms. The average molecular weight is 287 g/mol. The van der Waals surface area contributed by atoms with Crippen molar-refractivity contribution < 1.29 is 0 Å². The lowest BCUT2D eigenvalue weighted by atomic mass is 9.75. The Morgan fingerprint density at radius 1 is 1.00 bits per heavy atom. The van der Waals surface area contributed by atoms with E-state index < -0.39 is 0 Å². The number of hydrogen-bond acceptors (Lipinski definition) is 3. The number of aryl methyl sites for hydroxylation is 1. The Morgan fingerprint density at radius 2 is 1.81 bits per heavy atom. The van der Waals surface area contributed by atoms with Crippen LogP contribution in [0, 0.1) is 5.41 Å². The van der Waals surface area contributed by atoms with Gasteiger partial charge in [-0.25, -0.2) is 0 Å². The number of rotatable bonds is 5. The average Bonchev–Trinajstić information content (AvgIpc) is 2.56. The first kappa shape index (κ1) is 15.0. The standard InChI is InChI=1S/C18H29N3/c1-2-5-17(6-3-1)7-9-18(8-4-10-20-15-18)16-21-13-11-19-12-14-21/h1-3,5-6,19-20H,4,7-16H2/t18-/m0/s1. The topological polar surface area (TPSA) is 27.3 Å². The lowest BCUT2D eigenvalue weighted by molar-refractivity contribution is 0.0985. The Balaban J connectivity index is 1.61. The molecule has 0 aliphatic carbocycles. The molecule has 0 amide bonds. The fraction of sp³-hybridized carbons (Fsp3) is 0.667. The normalized spacial score (nSPS) is 27.6. The molecule has 2 aliphatic rings. The van der Waals surface area contributed by atoms with Crippen LogP contribution in [0.25, 0.3) is 0 Å². The minimum Gasteiger partial charge on any atom is -0.316 e. The van der Waals surface area contributed by atoms with E-state index in [4.69, 9.17) is 0 Å². The van der Waals surface area contributed by atoms with Crippen LogP contribution in [0.3, 0.4) is 0 Å². The minimum atomic E-state index is 0.478. The second kappa shape index (κ2) is 7.39. The largest absolute Gasteiger partial charge is 0.316 e. The van der Waals surface area contributed by atoms with Gasteiger partial charge in [0.2, 0.25) is 0 Å². The number of benzene rings is 1. The third-order valence-corrected chi connectivity index (χ3v) is 5.12. The Kier molecular flexibility index (Phi) is 5.28. The smallest absolute Gasteiger partial charge is 0.0108 e. The molecule has 1 aromatic carbocycles. The van der Waals surface area contributed by atoms with Crippen molar-refractivity contribution in [1.29, 1.82) is 0 Å². The second-order valence-corrected chi connectivity index (χ2v) is 6.79. The molecule has 3 heteroatoms. The zero-order valence-electron chi connectivity index (χ0n) is 13.1. The Hall–Kier alpha value is -0.900. The van der Waals surface area contributed by atoms with E-state index in [0.29, 0.717) is 5.41 Å². The molecule has 2 saturated heterocycles. The summed E-state index contributed by atoms with van der Waals surface area (Å²) in [7, 11) is 0. The van der Waals surface area contributed by atoms with E-state index in [-0.39, 0.29) is 0 Å². The second-order valence-electron chi connectivity index (χ2n) is 6.79. The maximum absolute atomic E-state index is 3.66. The number of piperidine rings is 1. The van der Waals surface area contributed by atoms with Crippen molar-refractivity contribution in [1.82, 2.24) is 15.5 Å². The molecule has 1 atom stereocenters. The fourth-order valence-electron chi connectivity index (χ4n) is 3.86. The molecule has 2 heterocycles. The van der Waals surface area contributed by atoms with E-state index in [9.17, 15) is 0 Å². The van der Waals surface area contributed by atoms with Crippen molar-refractivity contribution >= 4 is 0 Å². The molecular weight excluding hydrogens is 258 g/mol. The van der Waals surface area contributed by atoms with E-state index in [1.54, 1.807) is 0 Å². The Labute approximate surface area is 129 Å². The summed E-state index contributed by atoms with van der Waals surface area (Å²) in [6, 6.07) is 11.0. The summed E-state index contributed by atoms with van der Waals surface area (Å²) in [4.78, 5) is 2.68. The van der Waals surface area contributed by atoms with Crippen LogP contribution in [0.15, 0.2) is 30.3 Å². The van der Waals surface area contributed by atoms with Gasteiger partial charge in [-0.2, -0.15) is 0 Å². The van der Waals surface area contributed by atoms with Gasteiger partial charge < -0.3 is 15.5 Å². The van der Waals surface area contributed by atoms with Gasteiger partial charge in [-0.05, 0) is 43.2 Å². The summed E-state index contributed by atoms with van der Waals surface area (Å²) in [6.45, 7) is 8.41. The molecule has 2 aliphatic heterocycles. The summed E-state index contributed by atoms with van der Waals surface area (Å²) in [5, 5.41) is 7.12. The summed E-state index contributed by atoms with van der Waals surface area (Å²) in [5.41, 5.74) is 1.97. The molecule has 0 bridgehead atoms. The van der Waals surface area contributed by atoms with Gasteiger partial charge in [0.05, 0.1) is 0 Å². The molecular formula is C18H29N3. The number of nitrogens with zero attached hydrogens (tertiary/aromatic N) is 1. The monoisotopic (exact) mass is 287 g/mol. The van der Waals surface area contributed by atoms with Crippen molar-refractivity contribution in [3.8, 4) is 0 Å². The molecule has 0 radical (unpaired) electrons. The van der Waals surface area contributed by atoms with Gasteiger partial charge in [0.1, 0.15) is 0 Å². The van der Waals surface area contributed by atoms with E-state index in [2.05, 4.69) is 45.9 Å².